The van der Waals surface area contributed by atoms with Gasteiger partial charge in [0.05, 0.1) is 12.2 Å². The molecule has 0 aliphatic carbocycles. The Bertz CT molecular complexity index is 555. The molecular formula is C14H13BrN2O. The third kappa shape index (κ3) is 3.17. The van der Waals surface area contributed by atoms with E-state index in [2.05, 4.69) is 26.2 Å². The standard InChI is InChI=1S/C14H13BrN2O/c1-10-5-6-11(15)8-13(10)14(18)17-9-12-4-2-3-7-16-12/h2-8H,9H2,1H3,(H,17,18). The molecule has 18 heavy (non-hydrogen) atoms. The second kappa shape index (κ2) is 5.78. The number of nitrogens with one attached hydrogen (secondary N) is 1. The Hall–Kier alpha value is -1.68. The van der Waals surface area contributed by atoms with E-state index in [4.69, 9.17) is 0 Å². The van der Waals surface area contributed by atoms with Gasteiger partial charge in [-0.15, -0.1) is 0 Å². The number of aromatic nitrogens is 1. The van der Waals surface area contributed by atoms with E-state index in [0.29, 0.717) is 12.1 Å². The van der Waals surface area contributed by atoms with Crippen LogP contribution in [0.4, 0.5) is 0 Å². The van der Waals surface area contributed by atoms with Crippen LogP contribution in [0.25, 0.3) is 0 Å². The molecule has 2 rings (SSSR count). The number of hydrogen-bond acceptors (Lipinski definition) is 2. The van der Waals surface area contributed by atoms with E-state index in [0.717, 1.165) is 15.7 Å². The van der Waals surface area contributed by atoms with Crippen molar-refractivity contribution in [2.24, 2.45) is 0 Å². The summed E-state index contributed by atoms with van der Waals surface area (Å²) in [5, 5.41) is 2.86. The van der Waals surface area contributed by atoms with Gasteiger partial charge in [0.1, 0.15) is 0 Å². The van der Waals surface area contributed by atoms with E-state index in [1.165, 1.54) is 0 Å². The summed E-state index contributed by atoms with van der Waals surface area (Å²) in [6, 6.07) is 11.3. The molecule has 0 spiro atoms. The quantitative estimate of drug-likeness (QED) is 0.947. The summed E-state index contributed by atoms with van der Waals surface area (Å²) in [7, 11) is 0. The van der Waals surface area contributed by atoms with Crippen LogP contribution in [0, 0.1) is 6.92 Å². The molecule has 1 heterocycles. The number of carbonyl (C=O) groups is 1. The molecule has 1 aromatic carbocycles. The summed E-state index contributed by atoms with van der Waals surface area (Å²) >= 11 is 3.37. The van der Waals surface area contributed by atoms with Gasteiger partial charge >= 0.3 is 0 Å². The molecule has 1 N–H and O–H groups in total. The van der Waals surface area contributed by atoms with Crippen LogP contribution in [-0.4, -0.2) is 10.9 Å². The molecule has 0 fully saturated rings. The lowest BCUT2D eigenvalue weighted by Crippen LogP contribution is -2.24. The highest BCUT2D eigenvalue weighted by Crippen LogP contribution is 2.15. The van der Waals surface area contributed by atoms with Crippen molar-refractivity contribution in [2.75, 3.05) is 0 Å². The smallest absolute Gasteiger partial charge is 0.251 e. The Kier molecular flexibility index (Phi) is 4.10. The monoisotopic (exact) mass is 304 g/mol. The molecule has 0 radical (unpaired) electrons. The Balaban J connectivity index is 2.06. The Labute approximate surface area is 114 Å². The van der Waals surface area contributed by atoms with Gasteiger partial charge in [-0.05, 0) is 36.8 Å². The van der Waals surface area contributed by atoms with Crippen LogP contribution in [0.1, 0.15) is 21.6 Å². The number of pyridine rings is 1. The number of rotatable bonds is 3. The van der Waals surface area contributed by atoms with Crippen LogP contribution < -0.4 is 5.32 Å². The fourth-order valence-corrected chi connectivity index (χ4v) is 1.97. The van der Waals surface area contributed by atoms with Crippen molar-refractivity contribution in [3.05, 3.63) is 63.9 Å². The first kappa shape index (κ1) is 12.8. The normalized spacial score (nSPS) is 10.1. The number of hydrogen-bond donors (Lipinski definition) is 1. The fourth-order valence-electron chi connectivity index (χ4n) is 1.61. The zero-order chi connectivity index (χ0) is 13.0. The fraction of sp³-hybridized carbons (Fsp3) is 0.143. The molecule has 1 amide bonds. The van der Waals surface area contributed by atoms with E-state index in [1.54, 1.807) is 6.20 Å². The van der Waals surface area contributed by atoms with Gasteiger partial charge in [0.2, 0.25) is 0 Å². The summed E-state index contributed by atoms with van der Waals surface area (Å²) in [6.07, 6.45) is 1.71. The first-order chi connectivity index (χ1) is 8.66. The Morgan fingerprint density at radius 1 is 1.33 bits per heavy atom. The highest BCUT2D eigenvalue weighted by atomic mass is 79.9. The lowest BCUT2D eigenvalue weighted by molar-refractivity contribution is 0.0949. The molecule has 2 aromatic rings. The summed E-state index contributed by atoms with van der Waals surface area (Å²) in [5.41, 5.74) is 2.48. The topological polar surface area (TPSA) is 42.0 Å². The summed E-state index contributed by atoms with van der Waals surface area (Å²) < 4.78 is 0.899. The molecule has 0 aliphatic heterocycles. The van der Waals surface area contributed by atoms with Crippen LogP contribution in [0.5, 0.6) is 0 Å². The number of aryl methyl sites for hydroxylation is 1. The van der Waals surface area contributed by atoms with Crippen molar-refractivity contribution in [1.29, 1.82) is 0 Å². The average molecular weight is 305 g/mol. The second-order valence-electron chi connectivity index (χ2n) is 3.96. The zero-order valence-corrected chi connectivity index (χ0v) is 11.6. The zero-order valence-electron chi connectivity index (χ0n) is 9.98. The van der Waals surface area contributed by atoms with Crippen molar-refractivity contribution in [3.8, 4) is 0 Å². The molecule has 0 unspecified atom stereocenters. The molecule has 92 valence electrons. The minimum atomic E-state index is -0.0838. The summed E-state index contributed by atoms with van der Waals surface area (Å²) in [6.45, 7) is 2.35. The van der Waals surface area contributed by atoms with Gasteiger partial charge in [-0.1, -0.05) is 28.1 Å². The largest absolute Gasteiger partial charge is 0.346 e. The van der Waals surface area contributed by atoms with Crippen molar-refractivity contribution in [1.82, 2.24) is 10.3 Å². The minimum Gasteiger partial charge on any atom is -0.346 e. The lowest BCUT2D eigenvalue weighted by Gasteiger charge is -2.07. The first-order valence-corrected chi connectivity index (χ1v) is 6.40. The number of nitrogens with zero attached hydrogens (tertiary/aromatic N) is 1. The van der Waals surface area contributed by atoms with Crippen molar-refractivity contribution in [2.45, 2.75) is 13.5 Å². The molecule has 0 atom stereocenters. The highest BCUT2D eigenvalue weighted by Gasteiger charge is 2.09. The molecule has 0 bridgehead atoms. The Morgan fingerprint density at radius 3 is 2.89 bits per heavy atom. The molecule has 0 saturated heterocycles. The van der Waals surface area contributed by atoms with Crippen molar-refractivity contribution in [3.63, 3.8) is 0 Å². The molecule has 1 aromatic heterocycles. The number of benzene rings is 1. The number of halogens is 1. The average Bonchev–Trinajstić information content (AvgIpc) is 2.40. The molecule has 0 aliphatic rings. The van der Waals surface area contributed by atoms with E-state index >= 15 is 0 Å². The van der Waals surface area contributed by atoms with Gasteiger partial charge in [0.15, 0.2) is 0 Å². The van der Waals surface area contributed by atoms with Crippen molar-refractivity contribution < 1.29 is 4.79 Å². The Morgan fingerprint density at radius 2 is 2.17 bits per heavy atom. The lowest BCUT2D eigenvalue weighted by atomic mass is 10.1. The van der Waals surface area contributed by atoms with E-state index in [1.807, 2.05) is 43.3 Å². The van der Waals surface area contributed by atoms with Gasteiger partial charge in [0, 0.05) is 16.2 Å². The summed E-state index contributed by atoms with van der Waals surface area (Å²) in [5.74, 6) is -0.0838. The van der Waals surface area contributed by atoms with Crippen LogP contribution in [-0.2, 0) is 6.54 Å². The number of amides is 1. The molecule has 0 saturated carbocycles. The second-order valence-corrected chi connectivity index (χ2v) is 4.88. The van der Waals surface area contributed by atoms with E-state index < -0.39 is 0 Å². The van der Waals surface area contributed by atoms with Gasteiger partial charge in [0.25, 0.3) is 5.91 Å². The van der Waals surface area contributed by atoms with Gasteiger partial charge in [-0.2, -0.15) is 0 Å². The van der Waals surface area contributed by atoms with E-state index in [9.17, 15) is 4.79 Å². The third-order valence-corrected chi connectivity index (χ3v) is 3.09. The van der Waals surface area contributed by atoms with Crippen molar-refractivity contribution >= 4 is 21.8 Å². The van der Waals surface area contributed by atoms with Gasteiger partial charge in [-0.3, -0.25) is 9.78 Å². The molecular weight excluding hydrogens is 292 g/mol. The van der Waals surface area contributed by atoms with E-state index in [-0.39, 0.29) is 5.91 Å². The SMILES string of the molecule is Cc1ccc(Br)cc1C(=O)NCc1ccccn1. The number of carbonyl (C=O) groups excluding carboxylic acids is 1. The third-order valence-electron chi connectivity index (χ3n) is 2.60. The van der Waals surface area contributed by atoms with Gasteiger partial charge < -0.3 is 5.32 Å². The van der Waals surface area contributed by atoms with Crippen LogP contribution in [0.2, 0.25) is 0 Å². The minimum absolute atomic E-state index is 0.0838. The molecule has 4 heteroatoms. The van der Waals surface area contributed by atoms with Crippen LogP contribution in [0.15, 0.2) is 47.1 Å². The maximum Gasteiger partial charge on any atom is 0.251 e. The van der Waals surface area contributed by atoms with Crippen LogP contribution >= 0.6 is 15.9 Å². The first-order valence-electron chi connectivity index (χ1n) is 5.61. The predicted molar refractivity (Wildman–Crippen MR) is 74.3 cm³/mol. The highest BCUT2D eigenvalue weighted by molar-refractivity contribution is 9.10. The predicted octanol–water partition coefficient (Wildman–Crippen LogP) is 3.08. The van der Waals surface area contributed by atoms with Crippen LogP contribution in [0.3, 0.4) is 0 Å². The maximum absolute atomic E-state index is 12.0. The molecule has 3 nitrogen and oxygen atoms in total. The summed E-state index contributed by atoms with van der Waals surface area (Å²) in [4.78, 5) is 16.2. The van der Waals surface area contributed by atoms with Gasteiger partial charge in [-0.25, -0.2) is 0 Å². The maximum atomic E-state index is 12.0.